The Hall–Kier alpha value is -1.28. The van der Waals surface area contributed by atoms with Crippen LogP contribution in [0.1, 0.15) is 57.1 Å². The lowest BCUT2D eigenvalue weighted by Gasteiger charge is -2.10. The summed E-state index contributed by atoms with van der Waals surface area (Å²) in [5.74, 6) is 1.86. The van der Waals surface area contributed by atoms with Crippen LogP contribution < -0.4 is 4.74 Å². The topological polar surface area (TPSA) is 29.5 Å². The number of unbranched alkanes of at least 4 members (excludes halogenated alkanes) is 1. The fraction of sp³-hybridized carbons (Fsp3) is 0.556. The third kappa shape index (κ3) is 5.38. The average molecular weight is 276 g/mol. The first-order valence-corrected chi connectivity index (χ1v) is 7.53. The monoisotopic (exact) mass is 276 g/mol. The van der Waals surface area contributed by atoms with Gasteiger partial charge in [0.2, 0.25) is 0 Å². The molecule has 1 atom stereocenters. The number of aliphatic hydroxyl groups excluding tert-OH is 1. The Morgan fingerprint density at radius 1 is 1.25 bits per heavy atom. The molecule has 20 heavy (non-hydrogen) atoms. The van der Waals surface area contributed by atoms with Gasteiger partial charge in [-0.1, -0.05) is 39.0 Å². The second-order valence-electron chi connectivity index (χ2n) is 5.78. The molecule has 0 saturated heterocycles. The highest BCUT2D eigenvalue weighted by Crippen LogP contribution is 2.25. The van der Waals surface area contributed by atoms with Crippen molar-refractivity contribution in [1.29, 1.82) is 0 Å². The second kappa shape index (κ2) is 8.80. The molecule has 2 heteroatoms. The minimum Gasteiger partial charge on any atom is -0.496 e. The predicted octanol–water partition coefficient (Wildman–Crippen LogP) is 4.63. The number of allylic oxidation sites excluding steroid dienone is 1. The largest absolute Gasteiger partial charge is 0.496 e. The summed E-state index contributed by atoms with van der Waals surface area (Å²) >= 11 is 0. The number of ether oxygens (including phenoxy) is 1. The first kappa shape index (κ1) is 16.8. The van der Waals surface area contributed by atoms with E-state index in [2.05, 4.69) is 45.1 Å². The Labute approximate surface area is 123 Å². The molecule has 0 amide bonds. The van der Waals surface area contributed by atoms with E-state index in [0.29, 0.717) is 11.8 Å². The van der Waals surface area contributed by atoms with Crippen LogP contribution in [0.4, 0.5) is 0 Å². The van der Waals surface area contributed by atoms with E-state index in [-0.39, 0.29) is 6.61 Å². The van der Waals surface area contributed by atoms with Crippen molar-refractivity contribution in [3.8, 4) is 5.75 Å². The molecule has 0 radical (unpaired) electrons. The van der Waals surface area contributed by atoms with Crippen molar-refractivity contribution in [3.05, 3.63) is 35.4 Å². The SMILES string of the molecule is COc1ccc(C(C)C)cc1/C=C/CCC[C@@H](C)CO. The van der Waals surface area contributed by atoms with Gasteiger partial charge in [-0.3, -0.25) is 0 Å². The fourth-order valence-corrected chi connectivity index (χ4v) is 2.13. The van der Waals surface area contributed by atoms with Crippen molar-refractivity contribution in [2.24, 2.45) is 5.92 Å². The Morgan fingerprint density at radius 2 is 2.00 bits per heavy atom. The molecule has 0 aliphatic rings. The van der Waals surface area contributed by atoms with Gasteiger partial charge < -0.3 is 9.84 Å². The van der Waals surface area contributed by atoms with E-state index in [1.54, 1.807) is 7.11 Å². The highest BCUT2D eigenvalue weighted by Gasteiger charge is 2.04. The molecule has 0 bridgehead atoms. The Kier molecular flexibility index (Phi) is 7.38. The quantitative estimate of drug-likeness (QED) is 0.701. The first-order chi connectivity index (χ1) is 9.58. The third-order valence-electron chi connectivity index (χ3n) is 3.60. The summed E-state index contributed by atoms with van der Waals surface area (Å²) in [6.45, 7) is 6.77. The number of hydrogen-bond acceptors (Lipinski definition) is 2. The summed E-state index contributed by atoms with van der Waals surface area (Å²) in [7, 11) is 1.71. The van der Waals surface area contributed by atoms with Crippen molar-refractivity contribution in [2.45, 2.75) is 46.0 Å². The van der Waals surface area contributed by atoms with Crippen LogP contribution in [0.5, 0.6) is 5.75 Å². The molecule has 0 spiro atoms. The van der Waals surface area contributed by atoms with Gasteiger partial charge in [0.15, 0.2) is 0 Å². The molecule has 1 aromatic carbocycles. The zero-order valence-corrected chi connectivity index (χ0v) is 13.2. The van der Waals surface area contributed by atoms with Crippen LogP contribution in [0, 0.1) is 5.92 Å². The molecule has 0 heterocycles. The van der Waals surface area contributed by atoms with E-state index in [4.69, 9.17) is 9.84 Å². The maximum absolute atomic E-state index is 8.99. The molecule has 112 valence electrons. The smallest absolute Gasteiger partial charge is 0.126 e. The van der Waals surface area contributed by atoms with Crippen LogP contribution in [-0.4, -0.2) is 18.8 Å². The maximum atomic E-state index is 8.99. The van der Waals surface area contributed by atoms with E-state index >= 15 is 0 Å². The molecular formula is C18H28O2. The summed E-state index contributed by atoms with van der Waals surface area (Å²) in [6.07, 6.45) is 7.58. The Morgan fingerprint density at radius 3 is 2.60 bits per heavy atom. The zero-order chi connectivity index (χ0) is 15.0. The number of hydrogen-bond donors (Lipinski definition) is 1. The predicted molar refractivity (Wildman–Crippen MR) is 86.2 cm³/mol. The van der Waals surface area contributed by atoms with E-state index in [9.17, 15) is 0 Å². The summed E-state index contributed by atoms with van der Waals surface area (Å²) in [5.41, 5.74) is 2.48. The molecule has 1 aromatic rings. The van der Waals surface area contributed by atoms with Crippen LogP contribution in [0.15, 0.2) is 24.3 Å². The lowest BCUT2D eigenvalue weighted by molar-refractivity contribution is 0.228. The normalized spacial score (nSPS) is 13.1. The molecule has 0 aliphatic carbocycles. The first-order valence-electron chi connectivity index (χ1n) is 7.53. The van der Waals surface area contributed by atoms with Crippen molar-refractivity contribution in [3.63, 3.8) is 0 Å². The minimum absolute atomic E-state index is 0.286. The molecule has 0 saturated carbocycles. The van der Waals surface area contributed by atoms with Gasteiger partial charge in [-0.05, 0) is 48.8 Å². The Bertz CT molecular complexity index is 421. The van der Waals surface area contributed by atoms with Gasteiger partial charge >= 0.3 is 0 Å². The van der Waals surface area contributed by atoms with Gasteiger partial charge in [-0.25, -0.2) is 0 Å². The summed E-state index contributed by atoms with van der Waals surface area (Å²) in [4.78, 5) is 0. The molecule has 1 rings (SSSR count). The summed E-state index contributed by atoms with van der Waals surface area (Å²) in [6, 6.07) is 6.38. The van der Waals surface area contributed by atoms with Gasteiger partial charge in [0.05, 0.1) is 7.11 Å². The third-order valence-corrected chi connectivity index (χ3v) is 3.60. The lowest BCUT2D eigenvalue weighted by atomic mass is 9.99. The van der Waals surface area contributed by atoms with E-state index < -0.39 is 0 Å². The minimum atomic E-state index is 0.286. The van der Waals surface area contributed by atoms with E-state index in [1.807, 2.05) is 6.07 Å². The van der Waals surface area contributed by atoms with Crippen molar-refractivity contribution in [1.82, 2.24) is 0 Å². The molecule has 0 aliphatic heterocycles. The van der Waals surface area contributed by atoms with Crippen LogP contribution in [0.25, 0.3) is 6.08 Å². The summed E-state index contributed by atoms with van der Waals surface area (Å²) < 4.78 is 5.41. The van der Waals surface area contributed by atoms with E-state index in [1.165, 1.54) is 5.56 Å². The van der Waals surface area contributed by atoms with Crippen molar-refractivity contribution in [2.75, 3.05) is 13.7 Å². The fourth-order valence-electron chi connectivity index (χ4n) is 2.13. The highest BCUT2D eigenvalue weighted by molar-refractivity contribution is 5.58. The van der Waals surface area contributed by atoms with E-state index in [0.717, 1.165) is 30.6 Å². The molecule has 1 N–H and O–H groups in total. The lowest BCUT2D eigenvalue weighted by Crippen LogP contribution is -1.99. The van der Waals surface area contributed by atoms with Crippen molar-refractivity contribution >= 4 is 6.08 Å². The number of rotatable bonds is 8. The average Bonchev–Trinajstić information content (AvgIpc) is 2.46. The van der Waals surface area contributed by atoms with Crippen LogP contribution >= 0.6 is 0 Å². The van der Waals surface area contributed by atoms with Crippen LogP contribution in [0.3, 0.4) is 0 Å². The molecular weight excluding hydrogens is 248 g/mol. The van der Waals surface area contributed by atoms with Gasteiger partial charge in [-0.2, -0.15) is 0 Å². The molecule has 0 fully saturated rings. The number of aliphatic hydroxyl groups is 1. The zero-order valence-electron chi connectivity index (χ0n) is 13.2. The van der Waals surface area contributed by atoms with Crippen LogP contribution in [0.2, 0.25) is 0 Å². The van der Waals surface area contributed by atoms with Crippen LogP contribution in [-0.2, 0) is 0 Å². The number of benzene rings is 1. The maximum Gasteiger partial charge on any atom is 0.126 e. The van der Waals surface area contributed by atoms with Crippen molar-refractivity contribution < 1.29 is 9.84 Å². The highest BCUT2D eigenvalue weighted by atomic mass is 16.5. The second-order valence-corrected chi connectivity index (χ2v) is 5.78. The van der Waals surface area contributed by atoms with Gasteiger partial charge in [-0.15, -0.1) is 0 Å². The van der Waals surface area contributed by atoms with Gasteiger partial charge in [0.1, 0.15) is 5.75 Å². The standard InChI is InChI=1S/C18H28O2/c1-14(2)16-10-11-18(20-4)17(12-16)9-7-5-6-8-15(3)13-19/h7,9-12,14-15,19H,5-6,8,13H2,1-4H3/b9-7+/t15-/m1/s1. The summed E-state index contributed by atoms with van der Waals surface area (Å²) in [5, 5.41) is 8.99. The van der Waals surface area contributed by atoms with Gasteiger partial charge in [0.25, 0.3) is 0 Å². The Balaban J connectivity index is 2.62. The van der Waals surface area contributed by atoms with Gasteiger partial charge in [0, 0.05) is 12.2 Å². The number of methoxy groups -OCH3 is 1. The molecule has 2 nitrogen and oxygen atoms in total. The molecule has 0 aromatic heterocycles. The molecule has 0 unspecified atom stereocenters.